The first-order valence-electron chi connectivity index (χ1n) is 22.5. The van der Waals surface area contributed by atoms with E-state index < -0.39 is 10.8 Å². The minimum Gasteiger partial charge on any atom is -0.310 e. The summed E-state index contributed by atoms with van der Waals surface area (Å²) in [6.45, 7) is 9.60. The maximum Gasteiger partial charge on any atom is 0.165 e. The Bertz CT molecular complexity index is 3360. The fourth-order valence-corrected chi connectivity index (χ4v) is 10.9. The molecule has 10 aromatic rings. The molecule has 0 spiro atoms. The summed E-state index contributed by atoms with van der Waals surface area (Å²) >= 11 is 0. The maximum absolute atomic E-state index is 5.70. The van der Waals surface area contributed by atoms with Crippen molar-refractivity contribution in [3.05, 3.63) is 229 Å². The molecular formula is C61H46N4. The van der Waals surface area contributed by atoms with Crippen molar-refractivity contribution in [1.82, 2.24) is 15.0 Å². The Balaban J connectivity index is 1.26. The van der Waals surface area contributed by atoms with Crippen LogP contribution in [-0.2, 0) is 10.8 Å². The van der Waals surface area contributed by atoms with Gasteiger partial charge in [-0.05, 0) is 96.7 Å². The van der Waals surface area contributed by atoms with Gasteiger partial charge in [0.05, 0.1) is 5.69 Å². The van der Waals surface area contributed by atoms with Crippen LogP contribution in [0.3, 0.4) is 0 Å². The Morgan fingerprint density at radius 3 is 1.37 bits per heavy atom. The Morgan fingerprint density at radius 1 is 0.338 bits per heavy atom. The van der Waals surface area contributed by atoms with E-state index in [9.17, 15) is 0 Å². The van der Waals surface area contributed by atoms with Gasteiger partial charge in [0, 0.05) is 38.9 Å². The molecule has 0 bridgehead atoms. The van der Waals surface area contributed by atoms with Crippen LogP contribution in [0.5, 0.6) is 0 Å². The van der Waals surface area contributed by atoms with Gasteiger partial charge in [0.1, 0.15) is 0 Å². The number of fused-ring (bicyclic) bond motifs is 7. The Labute approximate surface area is 380 Å². The monoisotopic (exact) mass is 834 g/mol. The highest BCUT2D eigenvalue weighted by atomic mass is 15.2. The summed E-state index contributed by atoms with van der Waals surface area (Å²) in [7, 11) is 0. The molecule has 4 nitrogen and oxygen atoms in total. The van der Waals surface area contributed by atoms with E-state index in [0.29, 0.717) is 17.5 Å². The molecule has 310 valence electrons. The summed E-state index contributed by atoms with van der Waals surface area (Å²) in [5.41, 5.74) is 17.5. The van der Waals surface area contributed by atoms with E-state index in [-0.39, 0.29) is 0 Å². The third-order valence-electron chi connectivity index (χ3n) is 13.8. The minimum absolute atomic E-state index is 0.408. The van der Waals surface area contributed by atoms with Gasteiger partial charge >= 0.3 is 0 Å². The van der Waals surface area contributed by atoms with Crippen molar-refractivity contribution in [3.63, 3.8) is 0 Å². The maximum atomic E-state index is 5.70. The third kappa shape index (κ3) is 6.01. The van der Waals surface area contributed by atoms with E-state index >= 15 is 0 Å². The van der Waals surface area contributed by atoms with Crippen molar-refractivity contribution in [2.45, 2.75) is 38.5 Å². The minimum atomic E-state index is -0.408. The zero-order valence-corrected chi connectivity index (χ0v) is 36.9. The molecule has 0 saturated carbocycles. The number of hydrogen-bond donors (Lipinski definition) is 0. The normalized spacial score (nSPS) is 13.8. The molecule has 0 saturated heterocycles. The van der Waals surface area contributed by atoms with Crippen LogP contribution in [0.2, 0.25) is 0 Å². The summed E-state index contributed by atoms with van der Waals surface area (Å²) in [6.07, 6.45) is 0. The molecule has 1 heterocycles. The van der Waals surface area contributed by atoms with Crippen molar-refractivity contribution in [1.29, 1.82) is 0 Å². The summed E-state index contributed by atoms with van der Waals surface area (Å²) in [6, 6.07) is 73.8. The van der Waals surface area contributed by atoms with Crippen LogP contribution in [0.25, 0.3) is 78.3 Å². The lowest BCUT2D eigenvalue weighted by Gasteiger charge is -2.37. The van der Waals surface area contributed by atoms with Gasteiger partial charge in [0.25, 0.3) is 0 Å². The van der Waals surface area contributed by atoms with Gasteiger partial charge in [0.2, 0.25) is 0 Å². The molecule has 65 heavy (non-hydrogen) atoms. The molecule has 0 atom stereocenters. The average Bonchev–Trinajstić information content (AvgIpc) is 3.74. The molecule has 1 aromatic heterocycles. The smallest absolute Gasteiger partial charge is 0.165 e. The van der Waals surface area contributed by atoms with Gasteiger partial charge in [0.15, 0.2) is 17.5 Å². The van der Waals surface area contributed by atoms with Crippen molar-refractivity contribution in [2.24, 2.45) is 0 Å². The van der Waals surface area contributed by atoms with Crippen LogP contribution in [0.4, 0.5) is 17.1 Å². The van der Waals surface area contributed by atoms with Gasteiger partial charge < -0.3 is 4.90 Å². The van der Waals surface area contributed by atoms with Gasteiger partial charge in [-0.1, -0.05) is 204 Å². The molecule has 0 amide bonds. The van der Waals surface area contributed by atoms with Gasteiger partial charge in [-0.25, -0.2) is 15.0 Å². The second-order valence-electron chi connectivity index (χ2n) is 18.4. The number of aromatic nitrogens is 3. The number of nitrogens with zero attached hydrogens (tertiary/aromatic N) is 4. The summed E-state index contributed by atoms with van der Waals surface area (Å²) in [5, 5.41) is 2.31. The average molecular weight is 835 g/mol. The molecule has 0 aliphatic heterocycles. The highest BCUT2D eigenvalue weighted by molar-refractivity contribution is 6.09. The van der Waals surface area contributed by atoms with Crippen LogP contribution in [0.15, 0.2) is 206 Å². The number of hydrogen-bond acceptors (Lipinski definition) is 4. The predicted molar refractivity (Wildman–Crippen MR) is 269 cm³/mol. The lowest BCUT2D eigenvalue weighted by molar-refractivity contribution is 0.640. The molecule has 9 aromatic carbocycles. The molecule has 2 aliphatic rings. The third-order valence-corrected chi connectivity index (χ3v) is 13.8. The molecule has 0 fully saturated rings. The van der Waals surface area contributed by atoms with E-state index in [0.717, 1.165) is 44.6 Å². The van der Waals surface area contributed by atoms with E-state index in [2.05, 4.69) is 239 Å². The topological polar surface area (TPSA) is 41.9 Å². The number of rotatable bonds is 7. The molecule has 12 rings (SSSR count). The Kier molecular flexibility index (Phi) is 8.83. The van der Waals surface area contributed by atoms with E-state index in [1.165, 1.54) is 55.6 Å². The molecule has 2 aliphatic carbocycles. The van der Waals surface area contributed by atoms with E-state index in [4.69, 9.17) is 15.0 Å². The van der Waals surface area contributed by atoms with Gasteiger partial charge in [-0.3, -0.25) is 0 Å². The standard InChI is InChI=1S/C61H46N4/c1-60(2)49-34-20-18-32-47(49)51-53(52-48-33-19-21-35-50(48)61(3,4)55(52)56(54(51)60)65(43-26-10-6-11-27-43)44-28-12-7-13-29-44)59-63-57(42-37-36-39-22-14-15-25-41(39)38-42)62-58(64-59)46-31-17-16-30-45(46)40-23-8-5-9-24-40/h5-38H,1-4H3. The quantitative estimate of drug-likeness (QED) is 0.160. The SMILES string of the molecule is CC1(C)c2ccccc2-c2c(-c3nc(-c4ccc5ccccc5c4)nc(-c4ccccc4-c4ccccc4)n3)c3c(c(N(c4ccccc4)c4ccccc4)c21)C(C)(C)c1ccccc1-3. The van der Waals surface area contributed by atoms with Crippen LogP contribution >= 0.6 is 0 Å². The molecular weight excluding hydrogens is 789 g/mol. The molecule has 0 N–H and O–H groups in total. The van der Waals surface area contributed by atoms with Crippen molar-refractivity contribution in [3.8, 4) is 67.5 Å². The zero-order chi connectivity index (χ0) is 43.9. The molecule has 4 heteroatoms. The second-order valence-corrected chi connectivity index (χ2v) is 18.4. The van der Waals surface area contributed by atoms with Gasteiger partial charge in [-0.15, -0.1) is 0 Å². The fourth-order valence-electron chi connectivity index (χ4n) is 10.9. The van der Waals surface area contributed by atoms with Crippen molar-refractivity contribution >= 4 is 27.8 Å². The Hall–Kier alpha value is -7.95. The zero-order valence-electron chi connectivity index (χ0n) is 36.9. The Morgan fingerprint density at radius 2 is 0.785 bits per heavy atom. The first-order chi connectivity index (χ1) is 31.8. The number of benzene rings is 9. The van der Waals surface area contributed by atoms with Crippen LogP contribution < -0.4 is 4.90 Å². The lowest BCUT2D eigenvalue weighted by atomic mass is 9.74. The number of anilines is 3. The fraction of sp³-hybridized carbons (Fsp3) is 0.0984. The summed E-state index contributed by atoms with van der Waals surface area (Å²) in [5.74, 6) is 1.93. The van der Waals surface area contributed by atoms with Crippen LogP contribution in [0, 0.1) is 0 Å². The first-order valence-corrected chi connectivity index (χ1v) is 22.5. The lowest BCUT2D eigenvalue weighted by Crippen LogP contribution is -2.26. The highest BCUT2D eigenvalue weighted by Crippen LogP contribution is 2.65. The largest absolute Gasteiger partial charge is 0.310 e. The van der Waals surface area contributed by atoms with E-state index in [1.54, 1.807) is 0 Å². The van der Waals surface area contributed by atoms with Crippen molar-refractivity contribution in [2.75, 3.05) is 4.90 Å². The summed E-state index contributed by atoms with van der Waals surface area (Å²) < 4.78 is 0. The molecule has 0 radical (unpaired) electrons. The van der Waals surface area contributed by atoms with Gasteiger partial charge in [-0.2, -0.15) is 0 Å². The van der Waals surface area contributed by atoms with Crippen LogP contribution in [0.1, 0.15) is 49.9 Å². The van der Waals surface area contributed by atoms with Crippen molar-refractivity contribution < 1.29 is 0 Å². The number of para-hydroxylation sites is 2. The van der Waals surface area contributed by atoms with E-state index in [1.807, 2.05) is 0 Å². The summed E-state index contributed by atoms with van der Waals surface area (Å²) in [4.78, 5) is 19.3. The first kappa shape index (κ1) is 38.7. The highest BCUT2D eigenvalue weighted by Gasteiger charge is 2.49. The predicted octanol–water partition coefficient (Wildman–Crippen LogP) is 15.8. The molecule has 0 unspecified atom stereocenters. The van der Waals surface area contributed by atoms with Crippen LogP contribution in [-0.4, -0.2) is 15.0 Å². The second kappa shape index (κ2) is 14.8.